The van der Waals surface area contributed by atoms with E-state index in [1.54, 1.807) is 25.1 Å². The van der Waals surface area contributed by atoms with Crippen LogP contribution in [0, 0.1) is 6.92 Å². The minimum atomic E-state index is -2.84. The molecule has 118 valence electrons. The van der Waals surface area contributed by atoms with Gasteiger partial charge in [-0.3, -0.25) is 9.59 Å². The van der Waals surface area contributed by atoms with Gasteiger partial charge in [0.15, 0.2) is 5.60 Å². The summed E-state index contributed by atoms with van der Waals surface area (Å²) in [7, 11) is 0. The minimum Gasteiger partial charge on any atom is -0.481 e. The maximum absolute atomic E-state index is 11.8. The van der Waals surface area contributed by atoms with Crippen molar-refractivity contribution >= 4 is 23.9 Å². The zero-order valence-electron chi connectivity index (χ0n) is 11.6. The fourth-order valence-corrected chi connectivity index (χ4v) is 1.70. The molecule has 3 N–H and O–H groups in total. The van der Waals surface area contributed by atoms with Crippen molar-refractivity contribution in [3.63, 3.8) is 0 Å². The number of ether oxygens (including phenoxy) is 1. The Kier molecular flexibility index (Phi) is 5.36. The van der Waals surface area contributed by atoms with Crippen molar-refractivity contribution in [2.75, 3.05) is 0 Å². The second-order valence-electron chi connectivity index (χ2n) is 4.66. The van der Waals surface area contributed by atoms with Crippen LogP contribution < -0.4 is 0 Å². The van der Waals surface area contributed by atoms with Gasteiger partial charge in [0.05, 0.1) is 18.4 Å². The van der Waals surface area contributed by atoms with E-state index in [1.165, 1.54) is 6.07 Å². The molecule has 0 aliphatic rings. The Bertz CT molecular complexity index is 621. The van der Waals surface area contributed by atoms with Gasteiger partial charge in [-0.25, -0.2) is 9.59 Å². The van der Waals surface area contributed by atoms with E-state index in [0.29, 0.717) is 5.56 Å². The second kappa shape index (κ2) is 6.81. The molecule has 0 saturated heterocycles. The van der Waals surface area contributed by atoms with Crippen LogP contribution >= 0.6 is 0 Å². The van der Waals surface area contributed by atoms with Crippen molar-refractivity contribution in [1.29, 1.82) is 0 Å². The Morgan fingerprint density at radius 2 is 1.68 bits per heavy atom. The third-order valence-corrected chi connectivity index (χ3v) is 2.85. The molecule has 1 aromatic carbocycles. The maximum atomic E-state index is 11.8. The predicted octanol–water partition coefficient (Wildman–Crippen LogP) is 0.359. The lowest BCUT2D eigenvalue weighted by molar-refractivity contribution is -0.170. The Hall–Kier alpha value is -2.74. The van der Waals surface area contributed by atoms with E-state index in [-0.39, 0.29) is 5.56 Å². The van der Waals surface area contributed by atoms with Crippen LogP contribution in [0.3, 0.4) is 0 Å². The van der Waals surface area contributed by atoms with Crippen molar-refractivity contribution < 1.29 is 39.2 Å². The summed E-state index contributed by atoms with van der Waals surface area (Å²) in [5.74, 6) is -5.84. The molecule has 1 aromatic rings. The zero-order chi connectivity index (χ0) is 16.9. The number of benzene rings is 1. The standard InChI is InChI=1S/C14H14O8/c1-8-4-2-3-5-9(8)12(18)22-11(17)7-14(21,13(19)20)6-10(15)16/h2-5,21H,6-7H2,1H3,(H,15,16)(H,19,20). The summed E-state index contributed by atoms with van der Waals surface area (Å²) in [6.07, 6.45) is -2.36. The first-order chi connectivity index (χ1) is 10.2. The van der Waals surface area contributed by atoms with Crippen LogP contribution in [0.15, 0.2) is 24.3 Å². The second-order valence-corrected chi connectivity index (χ2v) is 4.66. The van der Waals surface area contributed by atoms with E-state index in [2.05, 4.69) is 4.74 Å². The van der Waals surface area contributed by atoms with Crippen molar-refractivity contribution in [2.45, 2.75) is 25.4 Å². The summed E-state index contributed by atoms with van der Waals surface area (Å²) < 4.78 is 4.45. The lowest BCUT2D eigenvalue weighted by atomic mass is 9.96. The summed E-state index contributed by atoms with van der Waals surface area (Å²) in [6, 6.07) is 6.24. The molecule has 1 unspecified atom stereocenters. The van der Waals surface area contributed by atoms with Crippen molar-refractivity contribution in [1.82, 2.24) is 0 Å². The number of aliphatic hydroxyl groups is 1. The van der Waals surface area contributed by atoms with Gasteiger partial charge in [0.1, 0.15) is 0 Å². The van der Waals surface area contributed by atoms with Crippen molar-refractivity contribution in [2.24, 2.45) is 0 Å². The predicted molar refractivity (Wildman–Crippen MR) is 71.1 cm³/mol. The van der Waals surface area contributed by atoms with Gasteiger partial charge in [0.2, 0.25) is 0 Å². The number of esters is 2. The molecule has 0 aromatic heterocycles. The molecule has 8 nitrogen and oxygen atoms in total. The zero-order valence-corrected chi connectivity index (χ0v) is 11.6. The molecule has 1 rings (SSSR count). The fourth-order valence-electron chi connectivity index (χ4n) is 1.70. The first-order valence-electron chi connectivity index (χ1n) is 6.14. The smallest absolute Gasteiger partial charge is 0.346 e. The number of hydrogen-bond donors (Lipinski definition) is 3. The highest BCUT2D eigenvalue weighted by Crippen LogP contribution is 2.18. The number of rotatable bonds is 6. The molecule has 0 aliphatic carbocycles. The number of carbonyl (C=O) groups is 4. The summed E-state index contributed by atoms with van der Waals surface area (Å²) in [4.78, 5) is 44.8. The van der Waals surface area contributed by atoms with Gasteiger partial charge in [-0.2, -0.15) is 0 Å². The third kappa shape index (κ3) is 4.38. The van der Waals surface area contributed by atoms with E-state index >= 15 is 0 Å². The van der Waals surface area contributed by atoms with Crippen LogP contribution in [0.5, 0.6) is 0 Å². The summed E-state index contributed by atoms with van der Waals surface area (Å²) in [5.41, 5.74) is -2.19. The Morgan fingerprint density at radius 1 is 1.09 bits per heavy atom. The van der Waals surface area contributed by atoms with E-state index in [9.17, 15) is 24.3 Å². The Labute approximate surface area is 124 Å². The first kappa shape index (κ1) is 17.3. The highest BCUT2D eigenvalue weighted by Gasteiger charge is 2.42. The number of aliphatic carboxylic acids is 2. The summed E-state index contributed by atoms with van der Waals surface area (Å²) >= 11 is 0. The molecule has 0 spiro atoms. The quantitative estimate of drug-likeness (QED) is 0.505. The number of aryl methyl sites for hydroxylation is 1. The van der Waals surface area contributed by atoms with Crippen LogP contribution in [-0.2, 0) is 19.1 Å². The monoisotopic (exact) mass is 310 g/mol. The molecule has 8 heteroatoms. The van der Waals surface area contributed by atoms with Crippen molar-refractivity contribution in [3.8, 4) is 0 Å². The van der Waals surface area contributed by atoms with E-state index in [1.807, 2.05) is 0 Å². The largest absolute Gasteiger partial charge is 0.481 e. The SMILES string of the molecule is Cc1ccccc1C(=O)OC(=O)CC(O)(CC(=O)O)C(=O)O. The Morgan fingerprint density at radius 3 is 2.18 bits per heavy atom. The van der Waals surface area contributed by atoms with Gasteiger partial charge < -0.3 is 20.1 Å². The average Bonchev–Trinajstić information content (AvgIpc) is 2.37. The highest BCUT2D eigenvalue weighted by molar-refractivity contribution is 5.99. The van der Waals surface area contributed by atoms with Crippen molar-refractivity contribution in [3.05, 3.63) is 35.4 Å². The lowest BCUT2D eigenvalue weighted by Gasteiger charge is -2.19. The highest BCUT2D eigenvalue weighted by atomic mass is 16.6. The average molecular weight is 310 g/mol. The molecule has 1 atom stereocenters. The van der Waals surface area contributed by atoms with Gasteiger partial charge in [-0.05, 0) is 18.6 Å². The number of carbonyl (C=O) groups excluding carboxylic acids is 2. The normalized spacial score (nSPS) is 13.0. The van der Waals surface area contributed by atoms with Gasteiger partial charge in [-0.1, -0.05) is 18.2 Å². The maximum Gasteiger partial charge on any atom is 0.346 e. The minimum absolute atomic E-state index is 0.105. The van der Waals surface area contributed by atoms with E-state index in [4.69, 9.17) is 10.2 Å². The first-order valence-corrected chi connectivity index (χ1v) is 6.14. The molecule has 0 bridgehead atoms. The fraction of sp³-hybridized carbons (Fsp3) is 0.286. The molecular weight excluding hydrogens is 296 g/mol. The van der Waals surface area contributed by atoms with Gasteiger partial charge in [-0.15, -0.1) is 0 Å². The molecule has 0 heterocycles. The summed E-state index contributed by atoms with van der Waals surface area (Å²) in [6.45, 7) is 1.61. The molecule has 0 saturated carbocycles. The number of hydrogen-bond acceptors (Lipinski definition) is 6. The molecule has 0 aliphatic heterocycles. The molecule has 22 heavy (non-hydrogen) atoms. The van der Waals surface area contributed by atoms with Crippen LogP contribution in [0.2, 0.25) is 0 Å². The molecular formula is C14H14O8. The van der Waals surface area contributed by atoms with Gasteiger partial charge in [0.25, 0.3) is 0 Å². The lowest BCUT2D eigenvalue weighted by Crippen LogP contribution is -2.43. The van der Waals surface area contributed by atoms with E-state index in [0.717, 1.165) is 0 Å². The topological polar surface area (TPSA) is 138 Å². The Balaban J connectivity index is 2.80. The third-order valence-electron chi connectivity index (χ3n) is 2.85. The molecule has 0 radical (unpaired) electrons. The molecule has 0 amide bonds. The number of carboxylic acid groups (broad SMARTS) is 2. The van der Waals surface area contributed by atoms with Crippen LogP contribution in [0.4, 0.5) is 0 Å². The summed E-state index contributed by atoms with van der Waals surface area (Å²) in [5, 5.41) is 27.1. The van der Waals surface area contributed by atoms with Gasteiger partial charge in [0, 0.05) is 0 Å². The van der Waals surface area contributed by atoms with Crippen LogP contribution in [0.1, 0.15) is 28.8 Å². The number of carboxylic acids is 2. The van der Waals surface area contributed by atoms with Gasteiger partial charge >= 0.3 is 23.9 Å². The van der Waals surface area contributed by atoms with Crippen LogP contribution in [0.25, 0.3) is 0 Å². The van der Waals surface area contributed by atoms with E-state index < -0.39 is 42.3 Å². The van der Waals surface area contributed by atoms with Crippen LogP contribution in [-0.4, -0.2) is 44.8 Å². The molecule has 0 fully saturated rings.